The van der Waals surface area contributed by atoms with Crippen molar-refractivity contribution >= 4 is 50.1 Å². The highest BCUT2D eigenvalue weighted by atomic mass is 127. The van der Waals surface area contributed by atoms with Crippen LogP contribution < -0.4 is 14.8 Å². The number of nitrogens with one attached hydrogen (secondary N) is 1. The number of hydrogen-bond donors (Lipinski definition) is 1. The van der Waals surface area contributed by atoms with E-state index in [1.807, 2.05) is 31.2 Å². The fourth-order valence-corrected chi connectivity index (χ4v) is 5.54. The van der Waals surface area contributed by atoms with Crippen LogP contribution in [0.3, 0.4) is 0 Å². The van der Waals surface area contributed by atoms with Gasteiger partial charge in [0.05, 0.1) is 24.4 Å². The number of hydrogen-bond acceptors (Lipinski definition) is 5. The zero-order valence-corrected chi connectivity index (χ0v) is 23.1. The molecule has 4 rings (SSSR count). The van der Waals surface area contributed by atoms with Gasteiger partial charge >= 0.3 is 5.97 Å². The number of methoxy groups -OCH3 is 2. The van der Waals surface area contributed by atoms with Crippen molar-refractivity contribution in [3.63, 3.8) is 0 Å². The molecule has 36 heavy (non-hydrogen) atoms. The summed E-state index contributed by atoms with van der Waals surface area (Å²) in [4.78, 5) is 12.8. The van der Waals surface area contributed by atoms with Crippen LogP contribution in [0, 0.1) is 3.57 Å². The Morgan fingerprint density at radius 2 is 1.50 bits per heavy atom. The first-order valence-electron chi connectivity index (χ1n) is 11.8. The molecule has 1 atom stereocenters. The van der Waals surface area contributed by atoms with Gasteiger partial charge in [0.1, 0.15) is 17.5 Å². The summed E-state index contributed by atoms with van der Waals surface area (Å²) in [6, 6.07) is 20.1. The van der Waals surface area contributed by atoms with E-state index in [4.69, 9.17) is 14.2 Å². The molecule has 0 aliphatic rings. The molecular weight excluding hydrogens is 565 g/mol. The van der Waals surface area contributed by atoms with Crippen molar-refractivity contribution < 1.29 is 19.0 Å². The molecule has 1 N–H and O–H groups in total. The second kappa shape index (κ2) is 11.2. The van der Waals surface area contributed by atoms with Gasteiger partial charge in [0, 0.05) is 23.2 Å². The molecule has 0 saturated heterocycles. The molecule has 0 radical (unpaired) electrons. The average molecular weight is 595 g/mol. The molecule has 0 aliphatic heterocycles. The maximum atomic E-state index is 12.8. The van der Waals surface area contributed by atoms with Gasteiger partial charge in [0.2, 0.25) is 0 Å². The van der Waals surface area contributed by atoms with Crippen molar-refractivity contribution in [3.8, 4) is 22.6 Å². The summed E-state index contributed by atoms with van der Waals surface area (Å²) in [5.74, 6) is 1.17. The monoisotopic (exact) mass is 595 g/mol. The first-order chi connectivity index (χ1) is 17.4. The summed E-state index contributed by atoms with van der Waals surface area (Å²) >= 11 is 2.32. The van der Waals surface area contributed by atoms with Gasteiger partial charge in [-0.3, -0.25) is 0 Å². The highest BCUT2D eigenvalue weighted by Crippen LogP contribution is 2.48. The van der Waals surface area contributed by atoms with Gasteiger partial charge in [-0.1, -0.05) is 55.1 Å². The molecule has 4 aromatic rings. The Bertz CT molecular complexity index is 1450. The van der Waals surface area contributed by atoms with Crippen LogP contribution in [-0.4, -0.2) is 32.8 Å². The van der Waals surface area contributed by atoms with Crippen LogP contribution in [0.15, 0.2) is 72.9 Å². The highest BCUT2D eigenvalue weighted by molar-refractivity contribution is 14.1. The smallest absolute Gasteiger partial charge is 0.328 e. The molecule has 0 spiro atoms. The maximum absolute atomic E-state index is 12.8. The molecule has 4 aromatic carbocycles. The number of benzene rings is 4. The zero-order chi connectivity index (χ0) is 25.8. The standard InChI is InChI=1S/C30H30INO4/c1-6-36-30(33)25(32-18(2)3)17-21-15-19-11-7-9-13-22(19)26(28(21)34-4)27-23-14-10-8-12-20(23)16-24(31)29(27)35-5/h7-16,25,32H,2,6,17H2,1,3-5H3. The molecular formula is C30H30INO4. The lowest BCUT2D eigenvalue weighted by atomic mass is 9.89. The number of fused-ring (bicyclic) bond motifs is 2. The van der Waals surface area contributed by atoms with E-state index in [2.05, 4.69) is 70.9 Å². The molecule has 0 fully saturated rings. The van der Waals surface area contributed by atoms with Crippen molar-refractivity contribution in [3.05, 3.63) is 82.1 Å². The summed E-state index contributed by atoms with van der Waals surface area (Å²) in [7, 11) is 3.37. The summed E-state index contributed by atoms with van der Waals surface area (Å²) in [6.07, 6.45) is 0.372. The van der Waals surface area contributed by atoms with Gasteiger partial charge in [-0.15, -0.1) is 0 Å². The average Bonchev–Trinajstić information content (AvgIpc) is 2.86. The van der Waals surface area contributed by atoms with Crippen molar-refractivity contribution in [1.82, 2.24) is 5.32 Å². The Morgan fingerprint density at radius 1 is 0.944 bits per heavy atom. The van der Waals surface area contributed by atoms with Gasteiger partial charge in [0.25, 0.3) is 0 Å². The van der Waals surface area contributed by atoms with Gasteiger partial charge in [0.15, 0.2) is 0 Å². The number of carbonyl (C=O) groups is 1. The second-order valence-corrected chi connectivity index (χ2v) is 9.75. The van der Waals surface area contributed by atoms with Crippen LogP contribution >= 0.6 is 22.6 Å². The van der Waals surface area contributed by atoms with Crippen molar-refractivity contribution in [2.45, 2.75) is 26.3 Å². The minimum atomic E-state index is -0.597. The van der Waals surface area contributed by atoms with E-state index in [1.54, 1.807) is 21.1 Å². The SMILES string of the molecule is C=C(C)NC(Cc1cc2ccccc2c(-c2c(OC)c(I)cc3ccccc23)c1OC)C(=O)OCC. The van der Waals surface area contributed by atoms with Crippen LogP contribution in [0.5, 0.6) is 11.5 Å². The maximum Gasteiger partial charge on any atom is 0.328 e. The lowest BCUT2D eigenvalue weighted by Gasteiger charge is -2.23. The third-order valence-electron chi connectivity index (χ3n) is 6.11. The van der Waals surface area contributed by atoms with E-state index < -0.39 is 6.04 Å². The fourth-order valence-electron chi connectivity index (χ4n) is 4.72. The summed E-state index contributed by atoms with van der Waals surface area (Å²) in [6.45, 7) is 7.88. The van der Waals surface area contributed by atoms with Gasteiger partial charge in [-0.2, -0.15) is 0 Å². The van der Waals surface area contributed by atoms with E-state index >= 15 is 0 Å². The molecule has 0 aliphatic carbocycles. The number of halogens is 1. The molecule has 186 valence electrons. The zero-order valence-electron chi connectivity index (χ0n) is 21.0. The topological polar surface area (TPSA) is 56.8 Å². The number of allylic oxidation sites excluding steroid dienone is 1. The number of carbonyl (C=O) groups excluding carboxylic acids is 1. The minimum absolute atomic E-state index is 0.305. The molecule has 1 unspecified atom stereocenters. The van der Waals surface area contributed by atoms with Crippen LogP contribution in [0.4, 0.5) is 0 Å². The van der Waals surface area contributed by atoms with E-state index in [0.717, 1.165) is 47.6 Å². The van der Waals surface area contributed by atoms with Gasteiger partial charge in [-0.25, -0.2) is 4.79 Å². The Morgan fingerprint density at radius 3 is 2.06 bits per heavy atom. The quantitative estimate of drug-likeness (QED) is 0.169. The van der Waals surface area contributed by atoms with Crippen LogP contribution in [-0.2, 0) is 16.0 Å². The lowest BCUT2D eigenvalue weighted by molar-refractivity contribution is -0.145. The first kappa shape index (κ1) is 25.8. The van der Waals surface area contributed by atoms with Crippen LogP contribution in [0.1, 0.15) is 19.4 Å². The third kappa shape index (κ3) is 5.00. The predicted octanol–water partition coefficient (Wildman–Crippen LogP) is 6.88. The summed E-state index contributed by atoms with van der Waals surface area (Å²) in [5, 5.41) is 7.46. The Kier molecular flexibility index (Phi) is 8.04. The Labute approximate surface area is 225 Å². The number of rotatable bonds is 9. The normalized spacial score (nSPS) is 11.8. The Hall–Kier alpha value is -3.26. The predicted molar refractivity (Wildman–Crippen MR) is 155 cm³/mol. The van der Waals surface area contributed by atoms with Gasteiger partial charge < -0.3 is 19.5 Å². The summed E-state index contributed by atoms with van der Waals surface area (Å²) in [5.41, 5.74) is 3.49. The molecule has 5 nitrogen and oxygen atoms in total. The molecule has 0 heterocycles. The second-order valence-electron chi connectivity index (χ2n) is 8.59. The summed E-state index contributed by atoms with van der Waals surface area (Å²) < 4.78 is 18.4. The van der Waals surface area contributed by atoms with Crippen molar-refractivity contribution in [2.75, 3.05) is 20.8 Å². The molecule has 0 amide bonds. The molecule has 0 aromatic heterocycles. The number of ether oxygens (including phenoxy) is 3. The lowest BCUT2D eigenvalue weighted by Crippen LogP contribution is -2.38. The Balaban J connectivity index is 2.06. The molecule has 0 bridgehead atoms. The third-order valence-corrected chi connectivity index (χ3v) is 6.91. The first-order valence-corrected chi connectivity index (χ1v) is 12.9. The van der Waals surface area contributed by atoms with Crippen molar-refractivity contribution in [2.24, 2.45) is 0 Å². The molecule has 6 heteroatoms. The minimum Gasteiger partial charge on any atom is -0.496 e. The van der Waals surface area contributed by atoms with Crippen LogP contribution in [0.25, 0.3) is 32.7 Å². The highest BCUT2D eigenvalue weighted by Gasteiger charge is 2.27. The fraction of sp³-hybridized carbons (Fsp3) is 0.233. The number of esters is 1. The van der Waals surface area contributed by atoms with E-state index in [-0.39, 0.29) is 5.97 Å². The van der Waals surface area contributed by atoms with E-state index in [9.17, 15) is 4.79 Å². The van der Waals surface area contributed by atoms with Crippen LogP contribution in [0.2, 0.25) is 0 Å². The molecule has 0 saturated carbocycles. The van der Waals surface area contributed by atoms with Gasteiger partial charge in [-0.05, 0) is 75.7 Å². The van der Waals surface area contributed by atoms with E-state index in [0.29, 0.717) is 24.5 Å². The largest absolute Gasteiger partial charge is 0.496 e. The van der Waals surface area contributed by atoms with E-state index in [1.165, 1.54) is 0 Å². The van der Waals surface area contributed by atoms with Crippen molar-refractivity contribution in [1.29, 1.82) is 0 Å².